The van der Waals surface area contributed by atoms with Crippen molar-refractivity contribution in [3.05, 3.63) is 83.3 Å². The number of methoxy groups -OCH3 is 1. The van der Waals surface area contributed by atoms with Gasteiger partial charge in [-0.25, -0.2) is 4.98 Å². The molecule has 0 aliphatic carbocycles. The van der Waals surface area contributed by atoms with Crippen molar-refractivity contribution in [3.8, 4) is 5.75 Å². The number of aliphatic hydroxyl groups excluding tert-OH is 1. The number of fused-ring (bicyclic) bond motifs is 1. The number of ether oxygens (including phenoxy) is 1. The van der Waals surface area contributed by atoms with Crippen molar-refractivity contribution in [2.75, 3.05) is 12.0 Å². The highest BCUT2D eigenvalue weighted by Crippen LogP contribution is 2.44. The van der Waals surface area contributed by atoms with Crippen LogP contribution in [0.3, 0.4) is 0 Å². The molecule has 1 aliphatic rings. The van der Waals surface area contributed by atoms with E-state index in [1.54, 1.807) is 43.5 Å². The van der Waals surface area contributed by atoms with Crippen LogP contribution in [0.5, 0.6) is 5.75 Å². The van der Waals surface area contributed by atoms with E-state index in [1.807, 2.05) is 18.2 Å². The summed E-state index contributed by atoms with van der Waals surface area (Å²) < 4.78 is 11.7. The van der Waals surface area contributed by atoms with Crippen LogP contribution in [0.15, 0.2) is 70.9 Å². The number of carbonyl (C=O) groups is 2. The zero-order valence-electron chi connectivity index (χ0n) is 17.9. The Kier molecular flexibility index (Phi) is 5.22. The van der Waals surface area contributed by atoms with Gasteiger partial charge in [0.1, 0.15) is 23.3 Å². The molecule has 0 unspecified atom stereocenters. The fourth-order valence-electron chi connectivity index (χ4n) is 3.93. The fourth-order valence-corrected chi connectivity index (χ4v) is 4.99. The van der Waals surface area contributed by atoms with Gasteiger partial charge in [-0.1, -0.05) is 24.3 Å². The van der Waals surface area contributed by atoms with E-state index in [0.29, 0.717) is 22.2 Å². The van der Waals surface area contributed by atoms with Crippen LogP contribution in [-0.2, 0) is 16.0 Å². The van der Waals surface area contributed by atoms with Gasteiger partial charge in [0.05, 0.1) is 29.2 Å². The first-order valence-electron chi connectivity index (χ1n) is 10.4. The molecule has 0 bridgehead atoms. The van der Waals surface area contributed by atoms with E-state index in [4.69, 9.17) is 9.15 Å². The van der Waals surface area contributed by atoms with Gasteiger partial charge < -0.3 is 14.3 Å². The first-order chi connectivity index (χ1) is 16.0. The third kappa shape index (κ3) is 3.48. The number of thiazole rings is 1. The molecule has 4 aromatic rings. The van der Waals surface area contributed by atoms with Crippen molar-refractivity contribution in [1.29, 1.82) is 0 Å². The van der Waals surface area contributed by atoms with Gasteiger partial charge in [-0.05, 0) is 60.5 Å². The summed E-state index contributed by atoms with van der Waals surface area (Å²) in [6, 6.07) is 15.0. The predicted octanol–water partition coefficient (Wildman–Crippen LogP) is 5.09. The van der Waals surface area contributed by atoms with Gasteiger partial charge in [-0.15, -0.1) is 0 Å². The summed E-state index contributed by atoms with van der Waals surface area (Å²) >= 11 is 1.32. The predicted molar refractivity (Wildman–Crippen MR) is 125 cm³/mol. The van der Waals surface area contributed by atoms with Crippen molar-refractivity contribution in [3.63, 3.8) is 0 Å². The van der Waals surface area contributed by atoms with Crippen molar-refractivity contribution in [2.24, 2.45) is 0 Å². The minimum absolute atomic E-state index is 0.0476. The highest BCUT2D eigenvalue weighted by atomic mass is 32.1. The molecule has 5 rings (SSSR count). The Hall–Kier alpha value is -3.91. The van der Waals surface area contributed by atoms with Gasteiger partial charge in [0, 0.05) is 5.56 Å². The lowest BCUT2D eigenvalue weighted by molar-refractivity contribution is -0.132. The number of furan rings is 1. The molecule has 7 nitrogen and oxygen atoms in total. The SMILES string of the molecule is CCc1ccc2nc(N3C(=O)C(=O)C(=C(O)c4ccc(OC)cc4)[C@H]3c3ccco3)sc2c1. The molecule has 1 N–H and O–H groups in total. The molecule has 33 heavy (non-hydrogen) atoms. The molecule has 166 valence electrons. The summed E-state index contributed by atoms with van der Waals surface area (Å²) in [6.07, 6.45) is 2.34. The molecule has 1 atom stereocenters. The van der Waals surface area contributed by atoms with Crippen LogP contribution in [0.1, 0.15) is 29.9 Å². The minimum Gasteiger partial charge on any atom is -0.507 e. The average molecular weight is 461 g/mol. The van der Waals surface area contributed by atoms with Gasteiger partial charge in [0.15, 0.2) is 5.13 Å². The molecule has 2 aromatic carbocycles. The number of hydrogen-bond acceptors (Lipinski definition) is 7. The zero-order valence-corrected chi connectivity index (χ0v) is 18.8. The lowest BCUT2D eigenvalue weighted by Crippen LogP contribution is -2.29. The smallest absolute Gasteiger partial charge is 0.302 e. The molecule has 8 heteroatoms. The topological polar surface area (TPSA) is 92.9 Å². The standard InChI is InChI=1S/C25H20N2O5S/c1-3-14-6-11-17-19(13-14)33-25(26-17)27-21(18-5-4-12-32-18)20(23(29)24(27)30)22(28)15-7-9-16(31-2)10-8-15/h4-13,21,28H,3H2,1-2H3/t21-/m1/s1. The van der Waals surface area contributed by atoms with Gasteiger partial charge in [0.25, 0.3) is 5.78 Å². The van der Waals surface area contributed by atoms with E-state index in [1.165, 1.54) is 22.5 Å². The lowest BCUT2D eigenvalue weighted by atomic mass is 9.99. The molecule has 0 saturated carbocycles. The Morgan fingerprint density at radius 1 is 1.18 bits per heavy atom. The van der Waals surface area contributed by atoms with Crippen LogP contribution < -0.4 is 9.64 Å². The normalized spacial score (nSPS) is 17.8. The van der Waals surface area contributed by atoms with Gasteiger partial charge in [-0.3, -0.25) is 14.5 Å². The fraction of sp³-hybridized carbons (Fsp3) is 0.160. The Bertz CT molecular complexity index is 1390. The maximum absolute atomic E-state index is 13.2. The molecule has 0 radical (unpaired) electrons. The molecule has 2 aromatic heterocycles. The van der Waals surface area contributed by atoms with E-state index in [9.17, 15) is 14.7 Å². The molecule has 0 spiro atoms. The Balaban J connectivity index is 1.67. The van der Waals surface area contributed by atoms with E-state index in [-0.39, 0.29) is 11.3 Å². The number of ketones is 1. The summed E-state index contributed by atoms with van der Waals surface area (Å²) in [5.74, 6) is -0.873. The minimum atomic E-state index is -0.937. The maximum Gasteiger partial charge on any atom is 0.302 e. The second-order valence-electron chi connectivity index (χ2n) is 7.57. The number of benzene rings is 2. The lowest BCUT2D eigenvalue weighted by Gasteiger charge is -2.20. The summed E-state index contributed by atoms with van der Waals surface area (Å²) in [4.78, 5) is 32.3. The quantitative estimate of drug-likeness (QED) is 0.253. The third-order valence-corrected chi connectivity index (χ3v) is 6.69. The largest absolute Gasteiger partial charge is 0.507 e. The molecular formula is C25H20N2O5S. The number of amides is 1. The summed E-state index contributed by atoms with van der Waals surface area (Å²) in [6.45, 7) is 2.07. The number of aliphatic hydroxyl groups is 1. The zero-order chi connectivity index (χ0) is 23.1. The maximum atomic E-state index is 13.2. The summed E-state index contributed by atoms with van der Waals surface area (Å²) in [7, 11) is 1.54. The van der Waals surface area contributed by atoms with Crippen LogP contribution in [0.4, 0.5) is 5.13 Å². The Labute approximate surface area is 193 Å². The van der Waals surface area contributed by atoms with Gasteiger partial charge >= 0.3 is 5.91 Å². The Morgan fingerprint density at radius 2 is 1.97 bits per heavy atom. The molecule has 3 heterocycles. The number of aromatic nitrogens is 1. The number of anilines is 1. The average Bonchev–Trinajstić information content (AvgIpc) is 3.57. The number of nitrogens with zero attached hydrogens (tertiary/aromatic N) is 2. The number of rotatable bonds is 5. The molecule has 1 fully saturated rings. The summed E-state index contributed by atoms with van der Waals surface area (Å²) in [5.41, 5.74) is 2.24. The van der Waals surface area contributed by atoms with Crippen LogP contribution in [0, 0.1) is 0 Å². The summed E-state index contributed by atoms with van der Waals surface area (Å²) in [5, 5.41) is 11.5. The van der Waals surface area contributed by atoms with Crippen molar-refractivity contribution in [2.45, 2.75) is 19.4 Å². The molecular weight excluding hydrogens is 440 g/mol. The second-order valence-corrected chi connectivity index (χ2v) is 8.57. The van der Waals surface area contributed by atoms with E-state index < -0.39 is 17.7 Å². The third-order valence-electron chi connectivity index (χ3n) is 5.68. The molecule has 1 saturated heterocycles. The highest BCUT2D eigenvalue weighted by Gasteiger charge is 2.49. The van der Waals surface area contributed by atoms with Crippen LogP contribution in [-0.4, -0.2) is 28.9 Å². The number of hydrogen-bond donors (Lipinski definition) is 1. The van der Waals surface area contributed by atoms with Gasteiger partial charge in [0.2, 0.25) is 0 Å². The monoisotopic (exact) mass is 460 g/mol. The second kappa shape index (κ2) is 8.22. The van der Waals surface area contributed by atoms with E-state index >= 15 is 0 Å². The van der Waals surface area contributed by atoms with Gasteiger partial charge in [-0.2, -0.15) is 0 Å². The first-order valence-corrected chi connectivity index (χ1v) is 11.2. The van der Waals surface area contributed by atoms with Crippen LogP contribution in [0.2, 0.25) is 0 Å². The molecule has 1 aliphatic heterocycles. The Morgan fingerprint density at radius 3 is 2.64 bits per heavy atom. The van der Waals surface area contributed by atoms with Crippen LogP contribution in [0.25, 0.3) is 16.0 Å². The molecule has 1 amide bonds. The number of aryl methyl sites for hydroxylation is 1. The van der Waals surface area contributed by atoms with Crippen molar-refractivity contribution >= 4 is 44.1 Å². The van der Waals surface area contributed by atoms with Crippen LogP contribution >= 0.6 is 11.3 Å². The number of Topliss-reactive ketones (excluding diaryl/α,β-unsaturated/α-hetero) is 1. The van der Waals surface area contributed by atoms with Crippen molar-refractivity contribution < 1.29 is 23.8 Å². The number of carbonyl (C=O) groups excluding carboxylic acids is 2. The van der Waals surface area contributed by atoms with Crippen molar-refractivity contribution in [1.82, 2.24) is 4.98 Å². The van der Waals surface area contributed by atoms with E-state index in [0.717, 1.165) is 22.2 Å². The highest BCUT2D eigenvalue weighted by molar-refractivity contribution is 7.22. The first kappa shape index (κ1) is 21.0. The van der Waals surface area contributed by atoms with E-state index in [2.05, 4.69) is 11.9 Å².